The van der Waals surface area contributed by atoms with Crippen molar-refractivity contribution in [3.05, 3.63) is 74.3 Å². The largest absolute Gasteiger partial charge is 0.382 e. The van der Waals surface area contributed by atoms with Crippen molar-refractivity contribution in [2.75, 3.05) is 16.8 Å². The van der Waals surface area contributed by atoms with Gasteiger partial charge >= 0.3 is 0 Å². The molecule has 9 nitrogen and oxygen atoms in total. The molecular formula is C23H21ClN8O. The lowest BCUT2D eigenvalue weighted by Crippen LogP contribution is -2.28. The monoisotopic (exact) mass is 460 g/mol. The Morgan fingerprint density at radius 1 is 1.12 bits per heavy atom. The van der Waals surface area contributed by atoms with Crippen LogP contribution in [0, 0.1) is 25.2 Å². The average molecular weight is 461 g/mol. The summed E-state index contributed by atoms with van der Waals surface area (Å²) in [6.45, 7) is 5.71. The van der Waals surface area contributed by atoms with Gasteiger partial charge in [0.15, 0.2) is 5.82 Å². The first-order valence-electron chi connectivity index (χ1n) is 10.1. The Kier molecular flexibility index (Phi) is 5.62. The molecule has 0 saturated carbocycles. The van der Waals surface area contributed by atoms with E-state index in [1.54, 1.807) is 25.1 Å². The van der Waals surface area contributed by atoms with Gasteiger partial charge in [-0.1, -0.05) is 29.8 Å². The van der Waals surface area contributed by atoms with Crippen molar-refractivity contribution in [3.63, 3.8) is 0 Å². The second-order valence-electron chi connectivity index (χ2n) is 7.63. The highest BCUT2D eigenvalue weighted by molar-refractivity contribution is 6.35. The van der Waals surface area contributed by atoms with Gasteiger partial charge < -0.3 is 16.8 Å². The standard InChI is InChI=1S/C23H21ClN8O/c1-11-6-4-9-17(12(11)2)32-21(29-16-8-5-7-15(24)18(16)22(32)33)13(3)28-20-14(10-25)19(26)30-23(27)31-20/h4-9,13H,1-3H3,(H5,26,27,28,30,31). The number of nitrogens with one attached hydrogen (secondary N) is 1. The van der Waals surface area contributed by atoms with Crippen LogP contribution in [-0.4, -0.2) is 19.5 Å². The van der Waals surface area contributed by atoms with Gasteiger partial charge in [-0.05, 0) is 50.1 Å². The molecule has 0 spiro atoms. The van der Waals surface area contributed by atoms with Crippen LogP contribution < -0.4 is 22.3 Å². The molecule has 1 atom stereocenters. The third kappa shape index (κ3) is 3.81. The minimum Gasteiger partial charge on any atom is -0.382 e. The fourth-order valence-corrected chi connectivity index (χ4v) is 3.94. The van der Waals surface area contributed by atoms with Crippen molar-refractivity contribution in [2.45, 2.75) is 26.8 Å². The SMILES string of the molecule is Cc1cccc(-n2c(C(C)Nc3nc(N)nc(N)c3C#N)nc3cccc(Cl)c3c2=O)c1C. The maximum atomic E-state index is 13.7. The molecule has 4 aromatic rings. The van der Waals surface area contributed by atoms with E-state index >= 15 is 0 Å². The summed E-state index contributed by atoms with van der Waals surface area (Å²) in [7, 11) is 0. The maximum Gasteiger partial charge on any atom is 0.267 e. The third-order valence-electron chi connectivity index (χ3n) is 5.50. The summed E-state index contributed by atoms with van der Waals surface area (Å²) in [4.78, 5) is 26.4. The molecule has 0 bridgehead atoms. The minimum atomic E-state index is -0.568. The number of hydrogen-bond donors (Lipinski definition) is 3. The van der Waals surface area contributed by atoms with Gasteiger partial charge in [0.1, 0.15) is 23.3 Å². The number of nitrogens with zero attached hydrogens (tertiary/aromatic N) is 5. The van der Waals surface area contributed by atoms with E-state index in [4.69, 9.17) is 28.1 Å². The number of aromatic nitrogens is 4. The Morgan fingerprint density at radius 3 is 2.58 bits per heavy atom. The summed E-state index contributed by atoms with van der Waals surface area (Å²) in [6, 6.07) is 12.2. The quantitative estimate of drug-likeness (QED) is 0.417. The van der Waals surface area contributed by atoms with Gasteiger partial charge in [-0.25, -0.2) is 4.98 Å². The first-order chi connectivity index (χ1) is 15.7. The number of halogens is 1. The van der Waals surface area contributed by atoms with Crippen LogP contribution in [0.2, 0.25) is 5.02 Å². The maximum absolute atomic E-state index is 13.7. The number of nitrogen functional groups attached to an aromatic ring is 2. The molecule has 10 heteroatoms. The number of benzene rings is 2. The second-order valence-corrected chi connectivity index (χ2v) is 8.04. The highest BCUT2D eigenvalue weighted by atomic mass is 35.5. The van der Waals surface area contributed by atoms with E-state index in [2.05, 4.69) is 15.3 Å². The van der Waals surface area contributed by atoms with Crippen molar-refractivity contribution in [1.82, 2.24) is 19.5 Å². The fraction of sp³-hybridized carbons (Fsp3) is 0.174. The molecule has 0 amide bonds. The molecule has 4 rings (SSSR count). The van der Waals surface area contributed by atoms with Crippen LogP contribution >= 0.6 is 11.6 Å². The number of rotatable bonds is 4. The molecular weight excluding hydrogens is 440 g/mol. The first-order valence-corrected chi connectivity index (χ1v) is 10.5. The topological polar surface area (TPSA) is 149 Å². The Hall–Kier alpha value is -4.16. The number of nitrogens with two attached hydrogens (primary N) is 2. The highest BCUT2D eigenvalue weighted by Crippen LogP contribution is 2.28. The summed E-state index contributed by atoms with van der Waals surface area (Å²) in [5.74, 6) is 0.447. The number of nitriles is 1. The van der Waals surface area contributed by atoms with Gasteiger partial charge in [0.05, 0.1) is 27.7 Å². The van der Waals surface area contributed by atoms with Gasteiger partial charge in [-0.2, -0.15) is 15.2 Å². The molecule has 0 aliphatic heterocycles. The number of anilines is 3. The van der Waals surface area contributed by atoms with Crippen molar-refractivity contribution < 1.29 is 0 Å². The molecule has 2 aromatic carbocycles. The molecule has 0 aliphatic carbocycles. The van der Waals surface area contributed by atoms with Crippen LogP contribution in [0.3, 0.4) is 0 Å². The summed E-state index contributed by atoms with van der Waals surface area (Å²) < 4.78 is 1.54. The summed E-state index contributed by atoms with van der Waals surface area (Å²) in [5.41, 5.74) is 14.4. The lowest BCUT2D eigenvalue weighted by molar-refractivity contribution is 0.728. The van der Waals surface area contributed by atoms with E-state index in [-0.39, 0.29) is 28.7 Å². The smallest absolute Gasteiger partial charge is 0.267 e. The zero-order valence-electron chi connectivity index (χ0n) is 18.2. The minimum absolute atomic E-state index is 0.0372. The average Bonchev–Trinajstić information content (AvgIpc) is 2.75. The van der Waals surface area contributed by atoms with Crippen LogP contribution in [0.4, 0.5) is 17.6 Å². The molecule has 33 heavy (non-hydrogen) atoms. The van der Waals surface area contributed by atoms with Gasteiger partial charge in [0, 0.05) is 0 Å². The lowest BCUT2D eigenvalue weighted by Gasteiger charge is -2.22. The summed E-state index contributed by atoms with van der Waals surface area (Å²) in [6.07, 6.45) is 0. The van der Waals surface area contributed by atoms with E-state index < -0.39 is 6.04 Å². The van der Waals surface area contributed by atoms with E-state index in [0.29, 0.717) is 27.4 Å². The zero-order valence-corrected chi connectivity index (χ0v) is 19.0. The highest BCUT2D eigenvalue weighted by Gasteiger charge is 2.22. The molecule has 5 N–H and O–H groups in total. The predicted molar refractivity (Wildman–Crippen MR) is 129 cm³/mol. The first kappa shape index (κ1) is 22.0. The van der Waals surface area contributed by atoms with Crippen molar-refractivity contribution in [1.29, 1.82) is 5.26 Å². The summed E-state index contributed by atoms with van der Waals surface area (Å²) >= 11 is 6.38. The number of aryl methyl sites for hydroxylation is 1. The Labute approximate surface area is 194 Å². The van der Waals surface area contributed by atoms with Crippen molar-refractivity contribution in [2.24, 2.45) is 0 Å². The van der Waals surface area contributed by atoms with Crippen LogP contribution in [-0.2, 0) is 0 Å². The van der Waals surface area contributed by atoms with Crippen LogP contribution in [0.1, 0.15) is 35.5 Å². The molecule has 0 radical (unpaired) electrons. The van der Waals surface area contributed by atoms with Crippen molar-refractivity contribution in [3.8, 4) is 11.8 Å². The van der Waals surface area contributed by atoms with E-state index in [1.165, 1.54) is 4.57 Å². The van der Waals surface area contributed by atoms with Crippen molar-refractivity contribution >= 4 is 40.1 Å². The Morgan fingerprint density at radius 2 is 1.85 bits per heavy atom. The van der Waals surface area contributed by atoms with Crippen LogP contribution in [0.15, 0.2) is 41.2 Å². The predicted octanol–water partition coefficient (Wildman–Crippen LogP) is 3.66. The Bertz CT molecular complexity index is 1510. The molecule has 166 valence electrons. The van der Waals surface area contributed by atoms with E-state index in [1.807, 2.05) is 38.1 Å². The molecule has 0 aliphatic rings. The third-order valence-corrected chi connectivity index (χ3v) is 5.81. The van der Waals surface area contributed by atoms with Gasteiger partial charge in [-0.15, -0.1) is 0 Å². The molecule has 1 unspecified atom stereocenters. The van der Waals surface area contributed by atoms with E-state index in [9.17, 15) is 10.1 Å². The van der Waals surface area contributed by atoms with Gasteiger partial charge in [0.2, 0.25) is 5.95 Å². The zero-order chi connectivity index (χ0) is 23.9. The lowest BCUT2D eigenvalue weighted by atomic mass is 10.1. The molecule has 0 saturated heterocycles. The molecule has 0 fully saturated rings. The van der Waals surface area contributed by atoms with Crippen LogP contribution in [0.5, 0.6) is 0 Å². The van der Waals surface area contributed by atoms with Crippen LogP contribution in [0.25, 0.3) is 16.6 Å². The van der Waals surface area contributed by atoms with Gasteiger partial charge in [0.25, 0.3) is 5.56 Å². The number of hydrogen-bond acceptors (Lipinski definition) is 8. The number of fused-ring (bicyclic) bond motifs is 1. The Balaban J connectivity index is 1.99. The van der Waals surface area contributed by atoms with E-state index in [0.717, 1.165) is 11.1 Å². The van der Waals surface area contributed by atoms with Gasteiger partial charge in [-0.3, -0.25) is 9.36 Å². The molecule has 2 heterocycles. The fourth-order valence-electron chi connectivity index (χ4n) is 3.69. The second kappa shape index (κ2) is 8.41. The molecule has 2 aromatic heterocycles. The summed E-state index contributed by atoms with van der Waals surface area (Å²) in [5, 5.41) is 13.3. The normalized spacial score (nSPS) is 11.8.